The van der Waals surface area contributed by atoms with E-state index in [-0.39, 0.29) is 23.4 Å². The van der Waals surface area contributed by atoms with Gasteiger partial charge in [0.1, 0.15) is 5.75 Å². The van der Waals surface area contributed by atoms with Crippen LogP contribution in [0.4, 0.5) is 0 Å². The summed E-state index contributed by atoms with van der Waals surface area (Å²) in [5, 5.41) is 2.98. The maximum atomic E-state index is 13.0. The molecule has 0 unspecified atom stereocenters. The van der Waals surface area contributed by atoms with Crippen molar-refractivity contribution in [2.24, 2.45) is 0 Å². The van der Waals surface area contributed by atoms with E-state index in [2.05, 4.69) is 12.2 Å². The summed E-state index contributed by atoms with van der Waals surface area (Å²) in [6.07, 6.45) is 1.88. The molecule has 30 heavy (non-hydrogen) atoms. The number of hydrogen-bond acceptors (Lipinski definition) is 4. The van der Waals surface area contributed by atoms with Crippen LogP contribution in [0.3, 0.4) is 0 Å². The van der Waals surface area contributed by atoms with E-state index in [1.165, 1.54) is 11.4 Å². The van der Waals surface area contributed by atoms with Gasteiger partial charge in [-0.2, -0.15) is 4.31 Å². The van der Waals surface area contributed by atoms with E-state index in [1.807, 2.05) is 20.8 Å². The predicted molar refractivity (Wildman–Crippen MR) is 119 cm³/mol. The average Bonchev–Trinajstić information content (AvgIpc) is 2.69. The van der Waals surface area contributed by atoms with Crippen molar-refractivity contribution < 1.29 is 17.9 Å². The molecule has 6 nitrogen and oxygen atoms in total. The van der Waals surface area contributed by atoms with Gasteiger partial charge in [0, 0.05) is 30.8 Å². The van der Waals surface area contributed by atoms with Gasteiger partial charge in [-0.1, -0.05) is 31.0 Å². The molecule has 0 aliphatic carbocycles. The van der Waals surface area contributed by atoms with Crippen LogP contribution in [-0.2, 0) is 16.6 Å². The highest BCUT2D eigenvalue weighted by atomic mass is 32.2. The minimum absolute atomic E-state index is 0.0714. The predicted octanol–water partition coefficient (Wildman–Crippen LogP) is 4.13. The summed E-state index contributed by atoms with van der Waals surface area (Å²) in [5.74, 6) is 0.394. The van der Waals surface area contributed by atoms with E-state index in [9.17, 15) is 13.2 Å². The second kappa shape index (κ2) is 10.6. The molecule has 0 spiro atoms. The first-order valence-corrected chi connectivity index (χ1v) is 11.7. The quantitative estimate of drug-likeness (QED) is 0.612. The van der Waals surface area contributed by atoms with E-state index in [0.717, 1.165) is 18.4 Å². The van der Waals surface area contributed by atoms with Gasteiger partial charge >= 0.3 is 0 Å². The molecule has 2 aromatic carbocycles. The summed E-state index contributed by atoms with van der Waals surface area (Å²) in [7, 11) is -2.14. The molecular formula is C23H32N2O4S. The summed E-state index contributed by atoms with van der Waals surface area (Å²) in [6.45, 7) is 8.36. The number of benzene rings is 2. The first kappa shape index (κ1) is 23.9. The zero-order chi connectivity index (χ0) is 22.3. The van der Waals surface area contributed by atoms with Crippen LogP contribution >= 0.6 is 0 Å². The lowest BCUT2D eigenvalue weighted by Crippen LogP contribution is -2.32. The number of carbonyl (C=O) groups excluding carboxylic acids is 1. The van der Waals surface area contributed by atoms with Crippen molar-refractivity contribution in [3.05, 3.63) is 59.2 Å². The van der Waals surface area contributed by atoms with Gasteiger partial charge in [0.15, 0.2) is 0 Å². The van der Waals surface area contributed by atoms with Gasteiger partial charge in [-0.05, 0) is 57.5 Å². The molecule has 1 amide bonds. The van der Waals surface area contributed by atoms with Gasteiger partial charge in [0.2, 0.25) is 10.0 Å². The molecule has 0 radical (unpaired) electrons. The molecule has 0 aliphatic rings. The number of rotatable bonds is 10. The topological polar surface area (TPSA) is 75.7 Å². The van der Waals surface area contributed by atoms with Gasteiger partial charge in [0.05, 0.1) is 11.5 Å². The molecule has 0 bridgehead atoms. The molecule has 0 saturated heterocycles. The van der Waals surface area contributed by atoms with Gasteiger partial charge in [-0.25, -0.2) is 8.42 Å². The molecule has 2 rings (SSSR count). The number of aryl methyl sites for hydroxylation is 1. The van der Waals surface area contributed by atoms with Crippen LogP contribution in [0.15, 0.2) is 47.4 Å². The van der Waals surface area contributed by atoms with Crippen molar-refractivity contribution in [1.82, 2.24) is 9.62 Å². The van der Waals surface area contributed by atoms with Gasteiger partial charge in [-0.3, -0.25) is 4.79 Å². The summed E-state index contributed by atoms with van der Waals surface area (Å²) in [6, 6.07) is 12.0. The minimum Gasteiger partial charge on any atom is -0.494 e. The van der Waals surface area contributed by atoms with Crippen molar-refractivity contribution in [2.75, 3.05) is 13.7 Å². The molecular weight excluding hydrogens is 400 g/mol. The van der Waals surface area contributed by atoms with Crippen molar-refractivity contribution in [3.63, 3.8) is 0 Å². The number of nitrogens with zero attached hydrogens (tertiary/aromatic N) is 1. The molecule has 1 N–H and O–H groups in total. The lowest BCUT2D eigenvalue weighted by Gasteiger charge is -2.20. The van der Waals surface area contributed by atoms with Crippen molar-refractivity contribution in [3.8, 4) is 5.75 Å². The third kappa shape index (κ3) is 6.06. The highest BCUT2D eigenvalue weighted by Gasteiger charge is 2.23. The maximum absolute atomic E-state index is 13.0. The molecule has 1 atom stereocenters. The van der Waals surface area contributed by atoms with Crippen molar-refractivity contribution in [1.29, 1.82) is 0 Å². The number of amides is 1. The monoisotopic (exact) mass is 432 g/mol. The summed E-state index contributed by atoms with van der Waals surface area (Å²) >= 11 is 0. The minimum atomic E-state index is -3.67. The standard InChI is InChI=1S/C23H32N2O4S/c1-6-8-18(4)24-23(26)19-11-14-22(29-7-2)20(15-19)16-25(5)30(27,28)21-12-9-17(3)10-13-21/h9-15,18H,6-8,16H2,1-5H3,(H,24,26)/t18-/m1/s1. The van der Waals surface area contributed by atoms with Crippen LogP contribution in [-0.4, -0.2) is 38.3 Å². The van der Waals surface area contributed by atoms with Gasteiger partial charge in [0.25, 0.3) is 5.91 Å². The fourth-order valence-electron chi connectivity index (χ4n) is 3.17. The Morgan fingerprint density at radius 3 is 2.40 bits per heavy atom. The van der Waals surface area contributed by atoms with E-state index >= 15 is 0 Å². The average molecular weight is 433 g/mol. The lowest BCUT2D eigenvalue weighted by atomic mass is 10.1. The van der Waals surface area contributed by atoms with E-state index in [0.29, 0.717) is 23.5 Å². The summed E-state index contributed by atoms with van der Waals surface area (Å²) in [5.41, 5.74) is 2.12. The largest absolute Gasteiger partial charge is 0.494 e. The van der Waals surface area contributed by atoms with Crippen molar-refractivity contribution >= 4 is 15.9 Å². The Labute approximate surface area is 180 Å². The van der Waals surface area contributed by atoms with E-state index < -0.39 is 10.0 Å². The lowest BCUT2D eigenvalue weighted by molar-refractivity contribution is 0.0938. The zero-order valence-electron chi connectivity index (χ0n) is 18.4. The smallest absolute Gasteiger partial charge is 0.251 e. The Morgan fingerprint density at radius 1 is 1.13 bits per heavy atom. The number of ether oxygens (including phenoxy) is 1. The number of sulfonamides is 1. The van der Waals surface area contributed by atoms with Crippen LogP contribution in [0, 0.1) is 6.92 Å². The SMILES string of the molecule is CCC[C@@H](C)NC(=O)c1ccc(OCC)c(CN(C)S(=O)(=O)c2ccc(C)cc2)c1. The highest BCUT2D eigenvalue weighted by molar-refractivity contribution is 7.89. The van der Waals surface area contributed by atoms with Crippen LogP contribution in [0.1, 0.15) is 55.1 Å². The Bertz CT molecular complexity index is 956. The molecule has 0 aromatic heterocycles. The Kier molecular flexibility index (Phi) is 8.43. The van der Waals surface area contributed by atoms with E-state index in [4.69, 9.17) is 4.74 Å². The molecule has 7 heteroatoms. The van der Waals surface area contributed by atoms with E-state index in [1.54, 1.807) is 42.5 Å². The maximum Gasteiger partial charge on any atom is 0.251 e. The molecule has 0 saturated carbocycles. The van der Waals surface area contributed by atoms with Crippen LogP contribution < -0.4 is 10.1 Å². The molecule has 164 valence electrons. The zero-order valence-corrected chi connectivity index (χ0v) is 19.3. The molecule has 0 fully saturated rings. The Morgan fingerprint density at radius 2 is 1.80 bits per heavy atom. The third-order valence-electron chi connectivity index (χ3n) is 4.84. The second-order valence-corrected chi connectivity index (χ2v) is 9.54. The van der Waals surface area contributed by atoms with Gasteiger partial charge in [-0.15, -0.1) is 0 Å². The second-order valence-electron chi connectivity index (χ2n) is 7.49. The van der Waals surface area contributed by atoms with Crippen molar-refractivity contribution in [2.45, 2.75) is 58.0 Å². The number of hydrogen-bond donors (Lipinski definition) is 1. The number of carbonyl (C=O) groups is 1. The Hall–Kier alpha value is -2.38. The first-order chi connectivity index (χ1) is 14.2. The molecule has 0 heterocycles. The summed E-state index contributed by atoms with van der Waals surface area (Å²) < 4.78 is 32.9. The third-order valence-corrected chi connectivity index (χ3v) is 6.66. The molecule has 0 aliphatic heterocycles. The van der Waals surface area contributed by atoms with Crippen LogP contribution in [0.2, 0.25) is 0 Å². The summed E-state index contributed by atoms with van der Waals surface area (Å²) in [4.78, 5) is 12.8. The van der Waals surface area contributed by atoms with Gasteiger partial charge < -0.3 is 10.1 Å². The molecule has 2 aromatic rings. The van der Waals surface area contributed by atoms with Crippen LogP contribution in [0.25, 0.3) is 0 Å². The fraction of sp³-hybridized carbons (Fsp3) is 0.435. The highest BCUT2D eigenvalue weighted by Crippen LogP contribution is 2.25. The number of nitrogens with one attached hydrogen (secondary N) is 1. The normalized spacial score (nSPS) is 12.6. The van der Waals surface area contributed by atoms with Crippen LogP contribution in [0.5, 0.6) is 5.75 Å². The Balaban J connectivity index is 2.29. The first-order valence-electron chi connectivity index (χ1n) is 10.3. The fourth-order valence-corrected chi connectivity index (χ4v) is 4.32.